The van der Waals surface area contributed by atoms with E-state index in [0.717, 1.165) is 10.6 Å². The zero-order chi connectivity index (χ0) is 23.9. The van der Waals surface area contributed by atoms with Gasteiger partial charge >= 0.3 is 6.18 Å². The van der Waals surface area contributed by atoms with Crippen molar-refractivity contribution >= 4 is 28.8 Å². The molecule has 11 heteroatoms. The molecule has 2 aromatic carbocycles. The Morgan fingerprint density at radius 3 is 2.52 bits per heavy atom. The van der Waals surface area contributed by atoms with Gasteiger partial charge in [0.1, 0.15) is 11.4 Å². The van der Waals surface area contributed by atoms with Crippen molar-refractivity contribution in [2.75, 3.05) is 6.54 Å². The first-order valence-electron chi connectivity index (χ1n) is 9.31. The van der Waals surface area contributed by atoms with Crippen LogP contribution in [0.2, 0.25) is 10.0 Å². The maximum atomic E-state index is 13.9. The Hall–Kier alpha value is -3.45. The fourth-order valence-corrected chi connectivity index (χ4v) is 3.64. The van der Waals surface area contributed by atoms with E-state index in [1.165, 1.54) is 30.3 Å². The number of aromatic amines is 1. The number of benzene rings is 2. The molecular formula is C22H13Cl2F3N4O2. The Balaban J connectivity index is 2.04. The van der Waals surface area contributed by atoms with Gasteiger partial charge in [-0.2, -0.15) is 18.3 Å². The highest BCUT2D eigenvalue weighted by Crippen LogP contribution is 2.41. The summed E-state index contributed by atoms with van der Waals surface area (Å²) in [5.41, 5.74) is 3.31. The lowest BCUT2D eigenvalue weighted by Crippen LogP contribution is -2.10. The fourth-order valence-electron chi connectivity index (χ4n) is 3.34. The topological polar surface area (TPSA) is 96.4 Å². The molecule has 0 bridgehead atoms. The second kappa shape index (κ2) is 8.48. The third-order valence-electron chi connectivity index (χ3n) is 4.71. The van der Waals surface area contributed by atoms with E-state index < -0.39 is 17.4 Å². The van der Waals surface area contributed by atoms with E-state index >= 15 is 0 Å². The quantitative estimate of drug-likeness (QED) is 0.353. The van der Waals surface area contributed by atoms with Crippen molar-refractivity contribution < 1.29 is 18.3 Å². The second-order valence-corrected chi connectivity index (χ2v) is 7.68. The number of aromatic hydroxyl groups is 1. The van der Waals surface area contributed by atoms with Gasteiger partial charge in [0, 0.05) is 17.2 Å². The molecule has 2 heterocycles. The van der Waals surface area contributed by atoms with E-state index in [1.54, 1.807) is 6.07 Å². The predicted molar refractivity (Wildman–Crippen MR) is 119 cm³/mol. The number of aromatic nitrogens is 3. The third-order valence-corrected chi connectivity index (χ3v) is 5.45. The summed E-state index contributed by atoms with van der Waals surface area (Å²) in [6.45, 7) is 0.113. The molecule has 0 unspecified atom stereocenters. The van der Waals surface area contributed by atoms with Crippen LogP contribution in [0, 0.1) is 11.8 Å². The lowest BCUT2D eigenvalue weighted by Gasteiger charge is -2.08. The summed E-state index contributed by atoms with van der Waals surface area (Å²) >= 11 is 11.9. The molecule has 0 atom stereocenters. The Kier molecular flexibility index (Phi) is 5.84. The SMILES string of the molecule is NCC#Cc1ccc(-c2cc(=O)[nH]c3c(-c4ccc(Cl)c(Cl)c4)c(C(F)(F)F)nn23)c(O)c1. The molecule has 4 N–H and O–H groups in total. The van der Waals surface area contributed by atoms with Gasteiger partial charge in [-0.3, -0.25) is 4.79 Å². The van der Waals surface area contributed by atoms with Gasteiger partial charge < -0.3 is 15.8 Å². The minimum Gasteiger partial charge on any atom is -0.507 e. The lowest BCUT2D eigenvalue weighted by atomic mass is 10.0. The van der Waals surface area contributed by atoms with Crippen molar-refractivity contribution in [3.63, 3.8) is 0 Å². The fraction of sp³-hybridized carbons (Fsp3) is 0.0909. The molecule has 0 saturated heterocycles. The van der Waals surface area contributed by atoms with E-state index in [2.05, 4.69) is 21.9 Å². The normalized spacial score (nSPS) is 11.5. The number of fused-ring (bicyclic) bond motifs is 1. The molecule has 0 amide bonds. The first kappa shape index (κ1) is 22.7. The molecule has 4 aromatic rings. The maximum absolute atomic E-state index is 13.9. The zero-order valence-electron chi connectivity index (χ0n) is 16.5. The van der Waals surface area contributed by atoms with Crippen molar-refractivity contribution in [2.24, 2.45) is 5.73 Å². The number of hydrogen-bond acceptors (Lipinski definition) is 4. The van der Waals surface area contributed by atoms with Crippen LogP contribution in [0.15, 0.2) is 47.3 Å². The minimum absolute atomic E-state index is 0.0342. The van der Waals surface area contributed by atoms with E-state index in [4.69, 9.17) is 28.9 Å². The molecule has 0 fully saturated rings. The number of alkyl halides is 3. The molecule has 168 valence electrons. The Bertz CT molecular complexity index is 1510. The van der Waals surface area contributed by atoms with Crippen LogP contribution in [-0.4, -0.2) is 26.2 Å². The van der Waals surface area contributed by atoms with Crippen LogP contribution in [0.25, 0.3) is 28.0 Å². The minimum atomic E-state index is -4.86. The van der Waals surface area contributed by atoms with Gasteiger partial charge in [0.05, 0.1) is 27.8 Å². The average Bonchev–Trinajstić information content (AvgIpc) is 3.13. The number of halogens is 5. The van der Waals surface area contributed by atoms with Crippen LogP contribution in [0.3, 0.4) is 0 Å². The van der Waals surface area contributed by atoms with E-state index in [0.29, 0.717) is 5.56 Å². The summed E-state index contributed by atoms with van der Waals surface area (Å²) in [7, 11) is 0. The summed E-state index contributed by atoms with van der Waals surface area (Å²) in [5.74, 6) is 5.07. The van der Waals surface area contributed by atoms with Gasteiger partial charge in [0.25, 0.3) is 5.56 Å². The molecule has 33 heavy (non-hydrogen) atoms. The van der Waals surface area contributed by atoms with Crippen molar-refractivity contribution in [2.45, 2.75) is 6.18 Å². The Labute approximate surface area is 194 Å². The Morgan fingerprint density at radius 2 is 1.88 bits per heavy atom. The average molecular weight is 493 g/mol. The van der Waals surface area contributed by atoms with Gasteiger partial charge in [-0.15, -0.1) is 0 Å². The van der Waals surface area contributed by atoms with Gasteiger partial charge in [0.15, 0.2) is 5.69 Å². The van der Waals surface area contributed by atoms with Crippen LogP contribution >= 0.6 is 23.2 Å². The largest absolute Gasteiger partial charge is 0.507 e. The van der Waals surface area contributed by atoms with E-state index in [9.17, 15) is 23.1 Å². The third kappa shape index (κ3) is 4.28. The molecule has 2 aromatic heterocycles. The second-order valence-electron chi connectivity index (χ2n) is 6.87. The number of rotatable bonds is 2. The van der Waals surface area contributed by atoms with Crippen molar-refractivity contribution in [1.82, 2.24) is 14.6 Å². The molecule has 0 saturated carbocycles. The first-order valence-corrected chi connectivity index (χ1v) is 10.1. The number of H-pyrrole nitrogens is 1. The molecule has 6 nitrogen and oxygen atoms in total. The van der Waals surface area contributed by atoms with Gasteiger partial charge in [0.2, 0.25) is 0 Å². The highest BCUT2D eigenvalue weighted by molar-refractivity contribution is 6.42. The number of phenolic OH excluding ortho intramolecular Hbond substituents is 1. The standard InChI is InChI=1S/C22H13Cl2F3N4O2/c23-14-6-4-12(9-15(14)24)19-20(22(25,26)27)30-31-16(10-18(33)29-21(19)31)13-5-3-11(2-1-7-28)8-17(13)32/h3-6,8-10,32H,7,28H2,(H,29,33). The van der Waals surface area contributed by atoms with Crippen molar-refractivity contribution in [3.8, 4) is 40.0 Å². The molecule has 0 aliphatic heterocycles. The summed E-state index contributed by atoms with van der Waals surface area (Å²) in [4.78, 5) is 14.8. The van der Waals surface area contributed by atoms with Crippen LogP contribution < -0.4 is 11.3 Å². The zero-order valence-corrected chi connectivity index (χ0v) is 18.0. The molecule has 0 radical (unpaired) electrons. The maximum Gasteiger partial charge on any atom is 0.435 e. The van der Waals surface area contributed by atoms with Crippen LogP contribution in [0.4, 0.5) is 13.2 Å². The van der Waals surface area contributed by atoms with E-state index in [-0.39, 0.29) is 50.4 Å². The number of nitrogens with two attached hydrogens (primary N) is 1. The summed E-state index contributed by atoms with van der Waals surface area (Å²) in [6, 6.07) is 9.27. The smallest absolute Gasteiger partial charge is 0.435 e. The highest BCUT2D eigenvalue weighted by atomic mass is 35.5. The molecule has 0 aliphatic carbocycles. The number of hydrogen-bond donors (Lipinski definition) is 3. The van der Waals surface area contributed by atoms with Gasteiger partial charge in [-0.05, 0) is 35.9 Å². The molecule has 0 aliphatic rings. The number of nitrogens with zero attached hydrogens (tertiary/aromatic N) is 2. The molecule has 0 spiro atoms. The summed E-state index contributed by atoms with van der Waals surface area (Å²) in [6.07, 6.45) is -4.86. The number of phenols is 1. The van der Waals surface area contributed by atoms with Crippen LogP contribution in [0.1, 0.15) is 11.3 Å². The molecule has 4 rings (SSSR count). The van der Waals surface area contributed by atoms with Crippen molar-refractivity contribution in [3.05, 3.63) is 74.1 Å². The van der Waals surface area contributed by atoms with Gasteiger partial charge in [-0.1, -0.05) is 41.1 Å². The number of nitrogens with one attached hydrogen (secondary N) is 1. The first-order chi connectivity index (χ1) is 15.6. The van der Waals surface area contributed by atoms with Crippen LogP contribution in [-0.2, 0) is 6.18 Å². The highest BCUT2D eigenvalue weighted by Gasteiger charge is 2.39. The predicted octanol–water partition coefficient (Wildman–Crippen LogP) is 4.70. The Morgan fingerprint density at radius 1 is 1.12 bits per heavy atom. The van der Waals surface area contributed by atoms with E-state index in [1.807, 2.05) is 0 Å². The van der Waals surface area contributed by atoms with Crippen LogP contribution in [0.5, 0.6) is 5.75 Å². The lowest BCUT2D eigenvalue weighted by molar-refractivity contribution is -0.140. The monoisotopic (exact) mass is 492 g/mol. The summed E-state index contributed by atoms with van der Waals surface area (Å²) in [5, 5.41) is 14.4. The summed E-state index contributed by atoms with van der Waals surface area (Å²) < 4.78 is 42.7. The van der Waals surface area contributed by atoms with Crippen molar-refractivity contribution in [1.29, 1.82) is 0 Å². The van der Waals surface area contributed by atoms with Gasteiger partial charge in [-0.25, -0.2) is 4.52 Å². The molecular weight excluding hydrogens is 480 g/mol.